The predicted octanol–water partition coefficient (Wildman–Crippen LogP) is 3.92. The molecule has 3 heteroatoms. The number of rotatable bonds is 4. The topological polar surface area (TPSA) is 29.5 Å². The molecule has 0 aliphatic carbocycles. The second-order valence-electron chi connectivity index (χ2n) is 4.90. The Morgan fingerprint density at radius 2 is 1.70 bits per heavy atom. The van der Waals surface area contributed by atoms with E-state index in [4.69, 9.17) is 4.74 Å². The largest absolute Gasteiger partial charge is 0.493 e. The number of aliphatic hydroxyl groups is 1. The smallest absolute Gasteiger partial charge is 0.129 e. The van der Waals surface area contributed by atoms with Crippen molar-refractivity contribution in [3.05, 3.63) is 64.5 Å². The van der Waals surface area contributed by atoms with Gasteiger partial charge in [-0.2, -0.15) is 0 Å². The summed E-state index contributed by atoms with van der Waals surface area (Å²) in [4.78, 5) is 0. The molecule has 0 aromatic heterocycles. The second-order valence-corrected chi connectivity index (χ2v) is 4.90. The molecule has 0 amide bonds. The van der Waals surface area contributed by atoms with Gasteiger partial charge in [-0.05, 0) is 44.5 Å². The molecule has 1 atom stereocenters. The van der Waals surface area contributed by atoms with Crippen molar-refractivity contribution < 1.29 is 14.2 Å². The molecule has 0 heterocycles. The van der Waals surface area contributed by atoms with Crippen LogP contribution in [0.4, 0.5) is 4.39 Å². The molecule has 0 fully saturated rings. The molecule has 1 unspecified atom stereocenters. The van der Waals surface area contributed by atoms with Crippen LogP contribution >= 0.6 is 0 Å². The van der Waals surface area contributed by atoms with E-state index in [1.807, 2.05) is 39.0 Å². The maximum absolute atomic E-state index is 14.0. The van der Waals surface area contributed by atoms with E-state index in [0.29, 0.717) is 17.9 Å². The molecule has 0 spiro atoms. The Balaban J connectivity index is 2.46. The SMILES string of the molecule is CCOc1ccc(C)cc1C(O)c1ccc(C)cc1F. The minimum atomic E-state index is -1.03. The molecule has 0 saturated carbocycles. The van der Waals surface area contributed by atoms with Crippen LogP contribution in [0.3, 0.4) is 0 Å². The van der Waals surface area contributed by atoms with Crippen molar-refractivity contribution in [2.24, 2.45) is 0 Å². The van der Waals surface area contributed by atoms with Gasteiger partial charge in [-0.15, -0.1) is 0 Å². The lowest BCUT2D eigenvalue weighted by atomic mass is 9.97. The average Bonchev–Trinajstić information content (AvgIpc) is 2.40. The van der Waals surface area contributed by atoms with Crippen LogP contribution in [-0.2, 0) is 0 Å². The van der Waals surface area contributed by atoms with Gasteiger partial charge in [0.25, 0.3) is 0 Å². The third kappa shape index (κ3) is 2.99. The first-order chi connectivity index (χ1) is 9.52. The van der Waals surface area contributed by atoms with Crippen LogP contribution in [-0.4, -0.2) is 11.7 Å². The van der Waals surface area contributed by atoms with Crippen molar-refractivity contribution in [1.82, 2.24) is 0 Å². The van der Waals surface area contributed by atoms with Crippen LogP contribution in [0, 0.1) is 19.7 Å². The number of aryl methyl sites for hydroxylation is 2. The van der Waals surface area contributed by atoms with E-state index in [9.17, 15) is 9.50 Å². The van der Waals surface area contributed by atoms with Gasteiger partial charge in [0.05, 0.1) is 6.61 Å². The first-order valence-electron chi connectivity index (χ1n) is 6.70. The maximum Gasteiger partial charge on any atom is 0.129 e. The Kier molecular flexibility index (Phi) is 4.40. The molecule has 0 radical (unpaired) electrons. The highest BCUT2D eigenvalue weighted by Gasteiger charge is 2.19. The van der Waals surface area contributed by atoms with Gasteiger partial charge in [0, 0.05) is 11.1 Å². The van der Waals surface area contributed by atoms with E-state index in [1.54, 1.807) is 12.1 Å². The Labute approximate surface area is 118 Å². The van der Waals surface area contributed by atoms with Crippen LogP contribution in [0.5, 0.6) is 5.75 Å². The first-order valence-corrected chi connectivity index (χ1v) is 6.70. The first kappa shape index (κ1) is 14.5. The van der Waals surface area contributed by atoms with Gasteiger partial charge in [0.1, 0.15) is 17.7 Å². The standard InChI is InChI=1S/C17H19FO2/c1-4-20-16-8-6-11(2)9-14(16)17(19)13-7-5-12(3)10-15(13)18/h5-10,17,19H,4H2,1-3H3. The Bertz CT molecular complexity index is 608. The molecule has 0 aliphatic rings. The number of aliphatic hydroxyl groups excluding tert-OH is 1. The summed E-state index contributed by atoms with van der Waals surface area (Å²) in [6, 6.07) is 10.4. The lowest BCUT2D eigenvalue weighted by Crippen LogP contribution is -2.06. The highest BCUT2D eigenvalue weighted by molar-refractivity contribution is 5.43. The van der Waals surface area contributed by atoms with Crippen LogP contribution in [0.1, 0.15) is 35.3 Å². The molecule has 106 valence electrons. The third-order valence-electron chi connectivity index (χ3n) is 3.21. The van der Waals surface area contributed by atoms with Gasteiger partial charge in [0.15, 0.2) is 0 Å². The van der Waals surface area contributed by atoms with Gasteiger partial charge in [-0.3, -0.25) is 0 Å². The molecule has 0 aliphatic heterocycles. The third-order valence-corrected chi connectivity index (χ3v) is 3.21. The van der Waals surface area contributed by atoms with E-state index >= 15 is 0 Å². The van der Waals surface area contributed by atoms with Crippen LogP contribution < -0.4 is 4.74 Å². The lowest BCUT2D eigenvalue weighted by Gasteiger charge is -2.17. The van der Waals surface area contributed by atoms with Crippen molar-refractivity contribution in [3.63, 3.8) is 0 Å². The summed E-state index contributed by atoms with van der Waals surface area (Å²) < 4.78 is 19.5. The molecular weight excluding hydrogens is 255 g/mol. The van der Waals surface area contributed by atoms with Gasteiger partial charge in [-0.25, -0.2) is 4.39 Å². The highest BCUT2D eigenvalue weighted by atomic mass is 19.1. The fourth-order valence-electron chi connectivity index (χ4n) is 2.19. The Morgan fingerprint density at radius 1 is 1.05 bits per heavy atom. The molecule has 2 aromatic carbocycles. The molecule has 0 saturated heterocycles. The van der Waals surface area contributed by atoms with Gasteiger partial charge in [0.2, 0.25) is 0 Å². The van der Waals surface area contributed by atoms with E-state index in [1.165, 1.54) is 6.07 Å². The van der Waals surface area contributed by atoms with Gasteiger partial charge >= 0.3 is 0 Å². The summed E-state index contributed by atoms with van der Waals surface area (Å²) in [5.41, 5.74) is 2.68. The number of hydrogen-bond donors (Lipinski definition) is 1. The van der Waals surface area contributed by atoms with Crippen LogP contribution in [0.2, 0.25) is 0 Å². The van der Waals surface area contributed by atoms with E-state index in [0.717, 1.165) is 11.1 Å². The van der Waals surface area contributed by atoms with Crippen molar-refractivity contribution >= 4 is 0 Å². The molecule has 1 N–H and O–H groups in total. The minimum absolute atomic E-state index is 0.266. The molecule has 20 heavy (non-hydrogen) atoms. The molecular formula is C17H19FO2. The normalized spacial score (nSPS) is 12.2. The fraction of sp³-hybridized carbons (Fsp3) is 0.294. The number of halogens is 1. The summed E-state index contributed by atoms with van der Waals surface area (Å²) in [5.74, 6) is 0.187. The van der Waals surface area contributed by atoms with E-state index in [2.05, 4.69) is 0 Å². The monoisotopic (exact) mass is 274 g/mol. The number of benzene rings is 2. The summed E-state index contributed by atoms with van der Waals surface area (Å²) in [6.45, 7) is 6.12. The summed E-state index contributed by atoms with van der Waals surface area (Å²) in [6.07, 6.45) is -1.03. The van der Waals surface area contributed by atoms with Crippen molar-refractivity contribution in [3.8, 4) is 5.75 Å². The van der Waals surface area contributed by atoms with Crippen molar-refractivity contribution in [2.45, 2.75) is 26.9 Å². The van der Waals surface area contributed by atoms with Crippen LogP contribution in [0.25, 0.3) is 0 Å². The summed E-state index contributed by atoms with van der Waals surface area (Å²) >= 11 is 0. The second kappa shape index (κ2) is 6.06. The zero-order chi connectivity index (χ0) is 14.7. The Morgan fingerprint density at radius 3 is 2.35 bits per heavy atom. The maximum atomic E-state index is 14.0. The van der Waals surface area contributed by atoms with Gasteiger partial charge < -0.3 is 9.84 Å². The summed E-state index contributed by atoms with van der Waals surface area (Å²) in [7, 11) is 0. The molecule has 2 aromatic rings. The van der Waals surface area contributed by atoms with Crippen molar-refractivity contribution in [1.29, 1.82) is 0 Å². The zero-order valence-corrected chi connectivity index (χ0v) is 12.0. The molecule has 2 nitrogen and oxygen atoms in total. The number of hydrogen-bond acceptors (Lipinski definition) is 2. The molecule has 0 bridgehead atoms. The van der Waals surface area contributed by atoms with Gasteiger partial charge in [-0.1, -0.05) is 23.8 Å². The van der Waals surface area contributed by atoms with Crippen molar-refractivity contribution in [2.75, 3.05) is 6.61 Å². The fourth-order valence-corrected chi connectivity index (χ4v) is 2.19. The number of ether oxygens (including phenoxy) is 1. The summed E-state index contributed by atoms with van der Waals surface area (Å²) in [5, 5.41) is 10.5. The van der Waals surface area contributed by atoms with Crippen LogP contribution in [0.15, 0.2) is 36.4 Å². The minimum Gasteiger partial charge on any atom is -0.493 e. The van der Waals surface area contributed by atoms with E-state index < -0.39 is 11.9 Å². The highest BCUT2D eigenvalue weighted by Crippen LogP contribution is 2.32. The van der Waals surface area contributed by atoms with E-state index in [-0.39, 0.29) is 5.56 Å². The Hall–Kier alpha value is -1.87. The lowest BCUT2D eigenvalue weighted by molar-refractivity contribution is 0.207. The quantitative estimate of drug-likeness (QED) is 0.915. The zero-order valence-electron chi connectivity index (χ0n) is 12.0. The molecule has 2 rings (SSSR count). The average molecular weight is 274 g/mol. The predicted molar refractivity (Wildman–Crippen MR) is 77.5 cm³/mol.